The number of sulfonamides is 1. The maximum absolute atomic E-state index is 12.3. The van der Waals surface area contributed by atoms with Gasteiger partial charge in [-0.05, 0) is 37.5 Å². The molecule has 1 heterocycles. The predicted octanol–water partition coefficient (Wildman–Crippen LogP) is 0.788. The second-order valence-corrected chi connectivity index (χ2v) is 6.84. The number of nitrogens with one attached hydrogen (secondary N) is 2. The van der Waals surface area contributed by atoms with Crippen LogP contribution in [0.25, 0.3) is 0 Å². The summed E-state index contributed by atoms with van der Waals surface area (Å²) < 4.78 is 26.9. The van der Waals surface area contributed by atoms with E-state index in [1.807, 2.05) is 0 Å². The first kappa shape index (κ1) is 15.1. The average molecular weight is 318 g/mol. The number of amides is 1. The number of carbonyl (C=O) groups is 1. The van der Waals surface area contributed by atoms with Crippen molar-refractivity contribution in [3.8, 4) is 0 Å². The summed E-state index contributed by atoms with van der Waals surface area (Å²) in [5, 5.41) is 2.96. The molecule has 1 aliphatic heterocycles. The molecule has 110 valence electrons. The van der Waals surface area contributed by atoms with Crippen molar-refractivity contribution in [1.82, 2.24) is 10.0 Å². The van der Waals surface area contributed by atoms with Crippen molar-refractivity contribution >= 4 is 33.2 Å². The number of halogens is 1. The van der Waals surface area contributed by atoms with Gasteiger partial charge in [0.15, 0.2) is 0 Å². The summed E-state index contributed by atoms with van der Waals surface area (Å²) in [5.41, 5.74) is 6.44. The van der Waals surface area contributed by atoms with Gasteiger partial charge < -0.3 is 11.1 Å². The summed E-state index contributed by atoms with van der Waals surface area (Å²) in [7, 11) is -3.80. The minimum absolute atomic E-state index is 0.00951. The molecule has 0 radical (unpaired) electrons. The molecule has 2 rings (SSSR count). The van der Waals surface area contributed by atoms with Gasteiger partial charge in [0.05, 0.1) is 15.6 Å². The largest absolute Gasteiger partial charge is 0.397 e. The Balaban J connectivity index is 2.28. The molecule has 8 heteroatoms. The van der Waals surface area contributed by atoms with Gasteiger partial charge in [0.1, 0.15) is 6.04 Å². The lowest BCUT2D eigenvalue weighted by molar-refractivity contribution is -0.124. The number of aryl methyl sites for hydroxylation is 1. The van der Waals surface area contributed by atoms with Crippen molar-refractivity contribution in [3.05, 3.63) is 22.7 Å². The normalized spacial score (nSPS) is 19.7. The standard InChI is InChI=1S/C12H16ClN3O3S/c1-7-5-8(6-9(14)11(7)13)20(18,19)16-10-3-2-4-15-12(10)17/h5-6,10,16H,2-4,14H2,1H3,(H,15,17). The van der Waals surface area contributed by atoms with Crippen LogP contribution < -0.4 is 15.8 Å². The van der Waals surface area contributed by atoms with Crippen LogP contribution in [0.15, 0.2) is 17.0 Å². The zero-order valence-corrected chi connectivity index (χ0v) is 12.5. The van der Waals surface area contributed by atoms with Crippen LogP contribution in [-0.2, 0) is 14.8 Å². The molecule has 1 aromatic carbocycles. The number of nitrogens with two attached hydrogens (primary N) is 1. The monoisotopic (exact) mass is 317 g/mol. The highest BCUT2D eigenvalue weighted by Crippen LogP contribution is 2.27. The third-order valence-corrected chi connectivity index (χ3v) is 5.12. The molecule has 1 aromatic rings. The van der Waals surface area contributed by atoms with Crippen LogP contribution in [-0.4, -0.2) is 26.9 Å². The van der Waals surface area contributed by atoms with E-state index >= 15 is 0 Å². The number of hydrogen-bond acceptors (Lipinski definition) is 4. The van der Waals surface area contributed by atoms with E-state index in [-0.39, 0.29) is 16.5 Å². The topological polar surface area (TPSA) is 101 Å². The molecule has 0 spiro atoms. The van der Waals surface area contributed by atoms with Crippen LogP contribution in [0.5, 0.6) is 0 Å². The van der Waals surface area contributed by atoms with Gasteiger partial charge in [-0.2, -0.15) is 4.72 Å². The average Bonchev–Trinajstić information content (AvgIpc) is 2.38. The molecule has 0 aliphatic carbocycles. The summed E-state index contributed by atoms with van der Waals surface area (Å²) in [6.07, 6.45) is 1.22. The van der Waals surface area contributed by atoms with E-state index in [4.69, 9.17) is 17.3 Å². The molecule has 0 saturated carbocycles. The minimum atomic E-state index is -3.80. The van der Waals surface area contributed by atoms with Gasteiger partial charge in [0.2, 0.25) is 15.9 Å². The molecular weight excluding hydrogens is 302 g/mol. The van der Waals surface area contributed by atoms with Crippen LogP contribution in [0, 0.1) is 6.92 Å². The van der Waals surface area contributed by atoms with Crippen molar-refractivity contribution in [3.63, 3.8) is 0 Å². The number of nitrogen functional groups attached to an aromatic ring is 1. The van der Waals surface area contributed by atoms with E-state index in [2.05, 4.69) is 10.0 Å². The SMILES string of the molecule is Cc1cc(S(=O)(=O)NC2CCCNC2=O)cc(N)c1Cl. The highest BCUT2D eigenvalue weighted by Gasteiger charge is 2.28. The minimum Gasteiger partial charge on any atom is -0.397 e. The molecule has 0 bridgehead atoms. The van der Waals surface area contributed by atoms with Gasteiger partial charge in [-0.3, -0.25) is 4.79 Å². The highest BCUT2D eigenvalue weighted by molar-refractivity contribution is 7.89. The lowest BCUT2D eigenvalue weighted by atomic mass is 10.1. The Bertz CT molecular complexity index is 622. The van der Waals surface area contributed by atoms with Crippen molar-refractivity contribution in [2.45, 2.75) is 30.7 Å². The zero-order chi connectivity index (χ0) is 14.9. The lowest BCUT2D eigenvalue weighted by Crippen LogP contribution is -2.50. The van der Waals surface area contributed by atoms with Crippen LogP contribution in [0.1, 0.15) is 18.4 Å². The number of hydrogen-bond donors (Lipinski definition) is 3. The quantitative estimate of drug-likeness (QED) is 0.717. The maximum Gasteiger partial charge on any atom is 0.241 e. The summed E-state index contributed by atoms with van der Waals surface area (Å²) in [6, 6.07) is 1.98. The van der Waals surface area contributed by atoms with Gasteiger partial charge in [-0.15, -0.1) is 0 Å². The van der Waals surface area contributed by atoms with Crippen LogP contribution in [0.2, 0.25) is 5.02 Å². The number of benzene rings is 1. The number of carbonyl (C=O) groups excluding carboxylic acids is 1. The van der Waals surface area contributed by atoms with E-state index < -0.39 is 16.1 Å². The Labute approximate surface area is 122 Å². The molecule has 20 heavy (non-hydrogen) atoms. The van der Waals surface area contributed by atoms with E-state index in [0.717, 1.165) is 6.42 Å². The Morgan fingerprint density at radius 3 is 2.75 bits per heavy atom. The van der Waals surface area contributed by atoms with Gasteiger partial charge in [0.25, 0.3) is 0 Å². The van der Waals surface area contributed by atoms with Crippen molar-refractivity contribution in [2.75, 3.05) is 12.3 Å². The lowest BCUT2D eigenvalue weighted by Gasteiger charge is -2.22. The molecule has 0 aromatic heterocycles. The van der Waals surface area contributed by atoms with Gasteiger partial charge in [-0.25, -0.2) is 8.42 Å². The molecule has 4 N–H and O–H groups in total. The molecule has 1 unspecified atom stereocenters. The third-order valence-electron chi connectivity index (χ3n) is 3.15. The molecule has 1 amide bonds. The summed E-state index contributed by atoms with van der Waals surface area (Å²) in [4.78, 5) is 11.6. The fourth-order valence-corrected chi connectivity index (χ4v) is 3.52. The van der Waals surface area contributed by atoms with Gasteiger partial charge in [0, 0.05) is 6.54 Å². The first-order valence-corrected chi connectivity index (χ1v) is 8.03. The first-order chi connectivity index (χ1) is 9.31. The number of anilines is 1. The fraction of sp³-hybridized carbons (Fsp3) is 0.417. The fourth-order valence-electron chi connectivity index (χ4n) is 2.06. The molecule has 6 nitrogen and oxygen atoms in total. The summed E-state index contributed by atoms with van der Waals surface area (Å²) in [6.45, 7) is 2.25. The first-order valence-electron chi connectivity index (χ1n) is 6.17. The maximum atomic E-state index is 12.3. The van der Waals surface area contributed by atoms with Crippen LogP contribution >= 0.6 is 11.6 Å². The second-order valence-electron chi connectivity index (χ2n) is 4.75. The van der Waals surface area contributed by atoms with Crippen molar-refractivity contribution < 1.29 is 13.2 Å². The molecule has 1 saturated heterocycles. The summed E-state index contributed by atoms with van der Waals surface area (Å²) in [5.74, 6) is -0.307. The smallest absolute Gasteiger partial charge is 0.241 e. The van der Waals surface area contributed by atoms with E-state index in [1.54, 1.807) is 6.92 Å². The van der Waals surface area contributed by atoms with Crippen LogP contribution in [0.3, 0.4) is 0 Å². The van der Waals surface area contributed by atoms with E-state index in [9.17, 15) is 13.2 Å². The number of rotatable bonds is 3. The third kappa shape index (κ3) is 3.05. The summed E-state index contributed by atoms with van der Waals surface area (Å²) >= 11 is 5.91. The Hall–Kier alpha value is -1.31. The molecular formula is C12H16ClN3O3S. The molecule has 1 fully saturated rings. The van der Waals surface area contributed by atoms with Gasteiger partial charge >= 0.3 is 0 Å². The molecule has 1 aliphatic rings. The second kappa shape index (κ2) is 5.59. The Kier molecular flexibility index (Phi) is 4.22. The Morgan fingerprint density at radius 2 is 2.15 bits per heavy atom. The number of piperidine rings is 1. The van der Waals surface area contributed by atoms with Gasteiger partial charge in [-0.1, -0.05) is 11.6 Å². The van der Waals surface area contributed by atoms with Crippen LogP contribution in [0.4, 0.5) is 5.69 Å². The highest BCUT2D eigenvalue weighted by atomic mass is 35.5. The van der Waals surface area contributed by atoms with E-state index in [0.29, 0.717) is 23.6 Å². The van der Waals surface area contributed by atoms with Crippen molar-refractivity contribution in [2.24, 2.45) is 0 Å². The zero-order valence-electron chi connectivity index (χ0n) is 10.9. The van der Waals surface area contributed by atoms with E-state index in [1.165, 1.54) is 12.1 Å². The Morgan fingerprint density at radius 1 is 1.45 bits per heavy atom. The predicted molar refractivity (Wildman–Crippen MR) is 77.0 cm³/mol. The molecule has 1 atom stereocenters. The van der Waals surface area contributed by atoms with Crippen molar-refractivity contribution in [1.29, 1.82) is 0 Å².